The van der Waals surface area contributed by atoms with Crippen molar-refractivity contribution in [3.05, 3.63) is 64.0 Å². The maximum absolute atomic E-state index is 11.8. The van der Waals surface area contributed by atoms with Crippen molar-refractivity contribution in [2.75, 3.05) is 18.0 Å². The molecular weight excluding hydrogens is 504 g/mol. The minimum Gasteiger partial charge on any atom is -0.474 e. The number of rotatable bonds is 6. The lowest BCUT2D eigenvalue weighted by molar-refractivity contribution is -0.115. The van der Waals surface area contributed by atoms with E-state index in [-0.39, 0.29) is 11.3 Å². The molecule has 5 rings (SSSR count). The second-order valence-electron chi connectivity index (χ2n) is 8.14. The number of benzene rings is 1. The lowest BCUT2D eigenvalue weighted by Gasteiger charge is -2.32. The molecule has 0 aliphatic carbocycles. The van der Waals surface area contributed by atoms with Gasteiger partial charge in [0, 0.05) is 25.9 Å². The third-order valence-corrected chi connectivity index (χ3v) is 6.62. The quantitative estimate of drug-likeness (QED) is 0.465. The second kappa shape index (κ2) is 10.5. The van der Waals surface area contributed by atoms with Gasteiger partial charge in [0.1, 0.15) is 18.2 Å². The molecule has 12 heteroatoms. The standard InChI is InChI=1S/C24H21ClN6O4S/c1-14-21(34-17-5-7-31(8-6-17)23-26-11-16(25)12-27-23)28-13-29-22(14)35-18-4-2-3-15(9-18)10-19-20(32)30-24(33)36-19/h2-4,9-13,17H,5-8H2,1H3,(H,30,32,33)/b19-10-. The van der Waals surface area contributed by atoms with Gasteiger partial charge in [0.15, 0.2) is 0 Å². The van der Waals surface area contributed by atoms with Crippen LogP contribution in [0.3, 0.4) is 0 Å². The molecule has 1 aromatic carbocycles. The molecule has 4 heterocycles. The number of hydrogen-bond acceptors (Lipinski definition) is 10. The van der Waals surface area contributed by atoms with Gasteiger partial charge in [0.2, 0.25) is 17.7 Å². The zero-order valence-corrected chi connectivity index (χ0v) is 20.8. The number of carbonyl (C=O) groups is 2. The predicted octanol–water partition coefficient (Wildman–Crippen LogP) is 4.39. The lowest BCUT2D eigenvalue weighted by atomic mass is 10.1. The van der Waals surface area contributed by atoms with Gasteiger partial charge in [-0.15, -0.1) is 0 Å². The highest BCUT2D eigenvalue weighted by molar-refractivity contribution is 8.18. The molecule has 3 aromatic rings. The Balaban J connectivity index is 1.23. The fourth-order valence-electron chi connectivity index (χ4n) is 3.79. The molecule has 10 nitrogen and oxygen atoms in total. The number of halogens is 1. The number of ether oxygens (including phenoxy) is 2. The molecule has 36 heavy (non-hydrogen) atoms. The van der Waals surface area contributed by atoms with Crippen LogP contribution in [0, 0.1) is 6.92 Å². The topological polar surface area (TPSA) is 119 Å². The highest BCUT2D eigenvalue weighted by atomic mass is 35.5. The molecule has 2 amide bonds. The van der Waals surface area contributed by atoms with Crippen molar-refractivity contribution in [3.8, 4) is 17.5 Å². The third kappa shape index (κ3) is 5.58. The molecule has 0 atom stereocenters. The summed E-state index contributed by atoms with van der Waals surface area (Å²) in [6, 6.07) is 7.17. The van der Waals surface area contributed by atoms with Crippen LogP contribution in [0.25, 0.3) is 6.08 Å². The van der Waals surface area contributed by atoms with Crippen molar-refractivity contribution in [1.82, 2.24) is 25.3 Å². The van der Waals surface area contributed by atoms with E-state index in [0.29, 0.717) is 38.9 Å². The van der Waals surface area contributed by atoms with E-state index in [2.05, 4.69) is 30.2 Å². The summed E-state index contributed by atoms with van der Waals surface area (Å²) in [5.41, 5.74) is 1.40. The van der Waals surface area contributed by atoms with Crippen molar-refractivity contribution in [3.63, 3.8) is 0 Å². The van der Waals surface area contributed by atoms with Crippen LogP contribution in [-0.2, 0) is 4.79 Å². The Kier molecular flexibility index (Phi) is 7.01. The predicted molar refractivity (Wildman–Crippen MR) is 135 cm³/mol. The molecule has 0 unspecified atom stereocenters. The molecule has 0 radical (unpaired) electrons. The number of carbonyl (C=O) groups excluding carboxylic acids is 2. The van der Waals surface area contributed by atoms with Crippen LogP contribution in [0.15, 0.2) is 47.9 Å². The number of amides is 2. The fourth-order valence-corrected chi connectivity index (χ4v) is 4.57. The fraction of sp³-hybridized carbons (Fsp3) is 0.250. The number of anilines is 1. The minimum absolute atomic E-state index is 0.0114. The van der Waals surface area contributed by atoms with E-state index in [1.165, 1.54) is 6.33 Å². The van der Waals surface area contributed by atoms with Gasteiger partial charge in [0.25, 0.3) is 11.1 Å². The van der Waals surface area contributed by atoms with Gasteiger partial charge in [-0.2, -0.15) is 0 Å². The highest BCUT2D eigenvalue weighted by Crippen LogP contribution is 2.31. The summed E-state index contributed by atoms with van der Waals surface area (Å²) < 4.78 is 12.2. The van der Waals surface area contributed by atoms with Gasteiger partial charge in [0.05, 0.1) is 27.9 Å². The lowest BCUT2D eigenvalue weighted by Crippen LogP contribution is -2.39. The van der Waals surface area contributed by atoms with Gasteiger partial charge >= 0.3 is 0 Å². The zero-order chi connectivity index (χ0) is 25.1. The number of imide groups is 1. The van der Waals surface area contributed by atoms with E-state index >= 15 is 0 Å². The van der Waals surface area contributed by atoms with Crippen LogP contribution in [0.2, 0.25) is 5.02 Å². The van der Waals surface area contributed by atoms with Gasteiger partial charge in [-0.25, -0.2) is 19.9 Å². The molecule has 2 aliphatic rings. The van der Waals surface area contributed by atoms with Crippen LogP contribution < -0.4 is 19.7 Å². The molecular formula is C24H21ClN6O4S. The van der Waals surface area contributed by atoms with E-state index in [1.54, 1.807) is 36.7 Å². The molecule has 2 aliphatic heterocycles. The number of thioether (sulfide) groups is 1. The molecule has 0 bridgehead atoms. The number of hydrogen-bond donors (Lipinski definition) is 1. The maximum atomic E-state index is 11.8. The van der Waals surface area contributed by atoms with Crippen LogP contribution in [-0.4, -0.2) is 50.3 Å². The molecule has 2 aromatic heterocycles. The molecule has 0 spiro atoms. The van der Waals surface area contributed by atoms with Crippen molar-refractivity contribution < 1.29 is 19.1 Å². The van der Waals surface area contributed by atoms with Crippen molar-refractivity contribution >= 4 is 46.5 Å². The van der Waals surface area contributed by atoms with Crippen molar-refractivity contribution in [2.24, 2.45) is 0 Å². The highest BCUT2D eigenvalue weighted by Gasteiger charge is 2.25. The zero-order valence-electron chi connectivity index (χ0n) is 19.2. The number of aromatic nitrogens is 4. The van der Waals surface area contributed by atoms with E-state index in [1.807, 2.05) is 13.0 Å². The van der Waals surface area contributed by atoms with Crippen LogP contribution >= 0.6 is 23.4 Å². The largest absolute Gasteiger partial charge is 0.474 e. The van der Waals surface area contributed by atoms with Crippen LogP contribution in [0.1, 0.15) is 24.0 Å². The SMILES string of the molecule is Cc1c(Oc2cccc(/C=C3\SC(=O)NC3=O)c2)ncnc1OC1CCN(c2ncc(Cl)cn2)CC1. The number of piperidine rings is 1. The second-order valence-corrected chi connectivity index (χ2v) is 9.59. The van der Waals surface area contributed by atoms with E-state index in [0.717, 1.165) is 43.3 Å². The third-order valence-electron chi connectivity index (χ3n) is 5.61. The Bertz CT molecular complexity index is 1330. The van der Waals surface area contributed by atoms with Gasteiger partial charge in [-0.05, 0) is 42.5 Å². The maximum Gasteiger partial charge on any atom is 0.290 e. The van der Waals surface area contributed by atoms with E-state index in [4.69, 9.17) is 21.1 Å². The molecule has 1 N–H and O–H groups in total. The first-order valence-electron chi connectivity index (χ1n) is 11.2. The summed E-state index contributed by atoms with van der Waals surface area (Å²) in [7, 11) is 0. The monoisotopic (exact) mass is 524 g/mol. The normalized spacial score (nSPS) is 17.4. The first-order chi connectivity index (χ1) is 17.4. The van der Waals surface area contributed by atoms with Gasteiger partial charge < -0.3 is 14.4 Å². The average molecular weight is 525 g/mol. The first-order valence-corrected chi connectivity index (χ1v) is 12.4. The van der Waals surface area contributed by atoms with Crippen molar-refractivity contribution in [1.29, 1.82) is 0 Å². The summed E-state index contributed by atoms with van der Waals surface area (Å²) in [5.74, 6) is 1.62. The summed E-state index contributed by atoms with van der Waals surface area (Å²) in [4.78, 5) is 42.8. The van der Waals surface area contributed by atoms with Gasteiger partial charge in [-0.1, -0.05) is 23.7 Å². The summed E-state index contributed by atoms with van der Waals surface area (Å²) in [6.07, 6.45) is 7.80. The van der Waals surface area contributed by atoms with Crippen LogP contribution in [0.4, 0.5) is 10.7 Å². The molecule has 2 saturated heterocycles. The minimum atomic E-state index is -0.406. The van der Waals surface area contributed by atoms with E-state index < -0.39 is 5.91 Å². The molecule has 184 valence electrons. The molecule has 2 fully saturated rings. The first kappa shape index (κ1) is 24.0. The number of nitrogens with one attached hydrogen (secondary N) is 1. The average Bonchev–Trinajstić information content (AvgIpc) is 3.19. The Labute approximate surface area is 216 Å². The number of nitrogens with zero attached hydrogens (tertiary/aromatic N) is 5. The molecule has 0 saturated carbocycles. The Morgan fingerprint density at radius 3 is 2.58 bits per heavy atom. The van der Waals surface area contributed by atoms with E-state index in [9.17, 15) is 9.59 Å². The van der Waals surface area contributed by atoms with Crippen LogP contribution in [0.5, 0.6) is 17.5 Å². The summed E-state index contributed by atoms with van der Waals surface area (Å²) in [5, 5.41) is 2.37. The van der Waals surface area contributed by atoms with Gasteiger partial charge in [-0.3, -0.25) is 14.9 Å². The Morgan fingerprint density at radius 1 is 1.11 bits per heavy atom. The smallest absolute Gasteiger partial charge is 0.290 e. The summed E-state index contributed by atoms with van der Waals surface area (Å²) >= 11 is 6.75. The van der Waals surface area contributed by atoms with Crippen molar-refractivity contribution in [2.45, 2.75) is 25.9 Å². The summed E-state index contributed by atoms with van der Waals surface area (Å²) in [6.45, 7) is 3.35. The Hall–Kier alpha value is -3.70. The Morgan fingerprint density at radius 2 is 1.86 bits per heavy atom.